The monoisotopic (exact) mass is 276 g/mol. The van der Waals surface area contributed by atoms with Crippen molar-refractivity contribution in [1.29, 1.82) is 0 Å². The summed E-state index contributed by atoms with van der Waals surface area (Å²) in [6.07, 6.45) is 1.37. The first-order valence-electron chi connectivity index (χ1n) is 5.27. The van der Waals surface area contributed by atoms with Gasteiger partial charge in [0, 0.05) is 12.2 Å². The third-order valence-electron chi connectivity index (χ3n) is 2.64. The van der Waals surface area contributed by atoms with Crippen LogP contribution in [-0.4, -0.2) is 19.4 Å². The van der Waals surface area contributed by atoms with Gasteiger partial charge in [-0.1, -0.05) is 32.4 Å². The molecule has 0 saturated carbocycles. The van der Waals surface area contributed by atoms with Gasteiger partial charge >= 0.3 is 0 Å². The molecule has 1 unspecified atom stereocenters. The summed E-state index contributed by atoms with van der Waals surface area (Å²) in [5, 5.41) is 0.163. The molecule has 1 aromatic heterocycles. The molecule has 0 fully saturated rings. The van der Waals surface area contributed by atoms with Crippen molar-refractivity contribution in [1.82, 2.24) is 9.71 Å². The van der Waals surface area contributed by atoms with E-state index in [0.29, 0.717) is 0 Å². The van der Waals surface area contributed by atoms with E-state index in [4.69, 9.17) is 11.6 Å². The van der Waals surface area contributed by atoms with E-state index in [0.717, 1.165) is 0 Å². The molecule has 0 aromatic carbocycles. The van der Waals surface area contributed by atoms with Crippen LogP contribution in [0.5, 0.6) is 0 Å². The number of aromatic nitrogens is 1. The highest BCUT2D eigenvalue weighted by Gasteiger charge is 2.26. The summed E-state index contributed by atoms with van der Waals surface area (Å²) < 4.78 is 26.7. The first-order chi connectivity index (χ1) is 7.63. The van der Waals surface area contributed by atoms with Gasteiger partial charge in [-0.2, -0.15) is 0 Å². The number of nitrogens with one attached hydrogen (secondary N) is 1. The number of hydrogen-bond acceptors (Lipinski definition) is 3. The van der Waals surface area contributed by atoms with Crippen LogP contribution in [0.2, 0.25) is 5.15 Å². The van der Waals surface area contributed by atoms with E-state index in [2.05, 4.69) is 9.71 Å². The molecule has 4 nitrogen and oxygen atoms in total. The van der Waals surface area contributed by atoms with Crippen LogP contribution in [0.1, 0.15) is 27.7 Å². The van der Waals surface area contributed by atoms with E-state index in [9.17, 15) is 8.42 Å². The molecule has 0 saturated heterocycles. The van der Waals surface area contributed by atoms with Crippen molar-refractivity contribution in [2.75, 3.05) is 0 Å². The standard InChI is InChI=1S/C11H17ClN2O2S/c1-8(11(2,3)4)14-17(15,16)9-5-6-13-10(12)7-9/h5-8,14H,1-4H3. The number of pyridine rings is 1. The Morgan fingerprint density at radius 2 is 2.00 bits per heavy atom. The molecule has 1 atom stereocenters. The van der Waals surface area contributed by atoms with Crippen LogP contribution in [0.3, 0.4) is 0 Å². The Labute approximate surface area is 107 Å². The molecular weight excluding hydrogens is 260 g/mol. The van der Waals surface area contributed by atoms with Crippen LogP contribution in [0.4, 0.5) is 0 Å². The maximum atomic E-state index is 12.0. The SMILES string of the molecule is CC(NS(=O)(=O)c1ccnc(Cl)c1)C(C)(C)C. The van der Waals surface area contributed by atoms with E-state index >= 15 is 0 Å². The first kappa shape index (κ1) is 14.4. The molecule has 0 spiro atoms. The van der Waals surface area contributed by atoms with E-state index in [-0.39, 0.29) is 21.5 Å². The summed E-state index contributed by atoms with van der Waals surface area (Å²) in [6.45, 7) is 7.75. The topological polar surface area (TPSA) is 59.1 Å². The lowest BCUT2D eigenvalue weighted by Crippen LogP contribution is -2.41. The average molecular weight is 277 g/mol. The molecule has 1 N–H and O–H groups in total. The van der Waals surface area contributed by atoms with Crippen LogP contribution in [0, 0.1) is 5.41 Å². The summed E-state index contributed by atoms with van der Waals surface area (Å²) in [4.78, 5) is 3.89. The maximum absolute atomic E-state index is 12.0. The van der Waals surface area contributed by atoms with E-state index < -0.39 is 10.0 Å². The van der Waals surface area contributed by atoms with E-state index in [1.54, 1.807) is 0 Å². The fourth-order valence-electron chi connectivity index (χ4n) is 1.03. The molecule has 0 bridgehead atoms. The zero-order chi connectivity index (χ0) is 13.3. The quantitative estimate of drug-likeness (QED) is 0.863. The minimum atomic E-state index is -3.54. The van der Waals surface area contributed by atoms with Crippen LogP contribution in [0.25, 0.3) is 0 Å². The summed E-state index contributed by atoms with van der Waals surface area (Å²) in [6, 6.07) is 2.57. The third kappa shape index (κ3) is 3.94. The zero-order valence-corrected chi connectivity index (χ0v) is 11.9. The molecule has 1 rings (SSSR count). The molecule has 96 valence electrons. The molecule has 1 aromatic rings. The minimum Gasteiger partial charge on any atom is -0.244 e. The molecule has 0 aliphatic carbocycles. The first-order valence-corrected chi connectivity index (χ1v) is 7.13. The van der Waals surface area contributed by atoms with Gasteiger partial charge < -0.3 is 0 Å². The Kier molecular flexibility index (Phi) is 4.17. The molecular formula is C11H17ClN2O2S. The number of hydrogen-bond donors (Lipinski definition) is 1. The van der Waals surface area contributed by atoms with Gasteiger partial charge in [-0.3, -0.25) is 0 Å². The summed E-state index contributed by atoms with van der Waals surface area (Å²) in [5.41, 5.74) is -0.149. The highest BCUT2D eigenvalue weighted by Crippen LogP contribution is 2.21. The minimum absolute atomic E-state index is 0.133. The largest absolute Gasteiger partial charge is 0.244 e. The van der Waals surface area contributed by atoms with E-state index in [1.807, 2.05) is 27.7 Å². The Hall–Kier alpha value is -0.650. The summed E-state index contributed by atoms with van der Waals surface area (Å²) >= 11 is 5.67. The van der Waals surface area contributed by atoms with Crippen molar-refractivity contribution in [3.05, 3.63) is 23.5 Å². The number of rotatable bonds is 3. The molecule has 1 heterocycles. The predicted molar refractivity (Wildman–Crippen MR) is 68.5 cm³/mol. The molecule has 0 aliphatic heterocycles. The highest BCUT2D eigenvalue weighted by atomic mass is 35.5. The van der Waals surface area contributed by atoms with Gasteiger partial charge in [-0.05, 0) is 24.5 Å². The lowest BCUT2D eigenvalue weighted by Gasteiger charge is -2.27. The van der Waals surface area contributed by atoms with Gasteiger partial charge in [0.25, 0.3) is 0 Å². The Morgan fingerprint density at radius 3 is 2.47 bits per heavy atom. The Balaban J connectivity index is 2.98. The second-order valence-corrected chi connectivity index (χ2v) is 7.12. The summed E-state index contributed by atoms with van der Waals surface area (Å²) in [7, 11) is -3.54. The second-order valence-electron chi connectivity index (χ2n) is 5.02. The van der Waals surface area contributed by atoms with Crippen LogP contribution >= 0.6 is 11.6 Å². The molecule has 0 radical (unpaired) electrons. The van der Waals surface area contributed by atoms with Crippen molar-refractivity contribution >= 4 is 21.6 Å². The normalized spacial score (nSPS) is 14.6. The van der Waals surface area contributed by atoms with Gasteiger partial charge in [0.2, 0.25) is 10.0 Å². The van der Waals surface area contributed by atoms with E-state index in [1.165, 1.54) is 18.3 Å². The van der Waals surface area contributed by atoms with Gasteiger partial charge in [-0.25, -0.2) is 18.1 Å². The highest BCUT2D eigenvalue weighted by molar-refractivity contribution is 7.89. The van der Waals surface area contributed by atoms with Gasteiger partial charge in [-0.15, -0.1) is 0 Å². The zero-order valence-electron chi connectivity index (χ0n) is 10.4. The molecule has 0 aliphatic rings. The molecule has 0 amide bonds. The van der Waals surface area contributed by atoms with Crippen molar-refractivity contribution in [2.45, 2.75) is 38.6 Å². The van der Waals surface area contributed by atoms with Gasteiger partial charge in [0.15, 0.2) is 0 Å². The average Bonchev–Trinajstić information content (AvgIpc) is 2.15. The lowest BCUT2D eigenvalue weighted by molar-refractivity contribution is 0.317. The Bertz CT molecular complexity index is 494. The third-order valence-corrected chi connectivity index (χ3v) is 4.38. The van der Waals surface area contributed by atoms with Crippen LogP contribution < -0.4 is 4.72 Å². The Morgan fingerprint density at radius 1 is 1.41 bits per heavy atom. The van der Waals surface area contributed by atoms with Crippen molar-refractivity contribution < 1.29 is 8.42 Å². The maximum Gasteiger partial charge on any atom is 0.240 e. The smallest absolute Gasteiger partial charge is 0.240 e. The predicted octanol–water partition coefficient (Wildman–Crippen LogP) is 2.45. The fraction of sp³-hybridized carbons (Fsp3) is 0.545. The van der Waals surface area contributed by atoms with Crippen molar-refractivity contribution in [3.8, 4) is 0 Å². The van der Waals surface area contributed by atoms with Crippen molar-refractivity contribution in [3.63, 3.8) is 0 Å². The van der Waals surface area contributed by atoms with Crippen LogP contribution in [0.15, 0.2) is 23.2 Å². The lowest BCUT2D eigenvalue weighted by atomic mass is 9.89. The number of sulfonamides is 1. The number of halogens is 1. The summed E-state index contributed by atoms with van der Waals surface area (Å²) in [5.74, 6) is 0. The number of nitrogens with zero attached hydrogens (tertiary/aromatic N) is 1. The second kappa shape index (κ2) is 4.92. The fourth-order valence-corrected chi connectivity index (χ4v) is 2.73. The van der Waals surface area contributed by atoms with Crippen molar-refractivity contribution in [2.24, 2.45) is 5.41 Å². The molecule has 6 heteroatoms. The van der Waals surface area contributed by atoms with Gasteiger partial charge in [0.05, 0.1) is 4.90 Å². The van der Waals surface area contributed by atoms with Crippen LogP contribution in [-0.2, 0) is 10.0 Å². The van der Waals surface area contributed by atoms with Gasteiger partial charge in [0.1, 0.15) is 5.15 Å². The molecule has 17 heavy (non-hydrogen) atoms.